The van der Waals surface area contributed by atoms with Gasteiger partial charge in [0.15, 0.2) is 11.4 Å². The largest absolute Gasteiger partial charge is 0.451 e. The second-order valence-corrected chi connectivity index (χ2v) is 7.53. The zero-order valence-corrected chi connectivity index (χ0v) is 17.6. The van der Waals surface area contributed by atoms with E-state index in [9.17, 15) is 4.79 Å². The summed E-state index contributed by atoms with van der Waals surface area (Å²) in [5.74, 6) is 1.13. The van der Waals surface area contributed by atoms with Crippen molar-refractivity contribution >= 4 is 33.7 Å². The quantitative estimate of drug-likeness (QED) is 0.490. The summed E-state index contributed by atoms with van der Waals surface area (Å²) in [6.07, 6.45) is 3.35. The molecule has 4 heterocycles. The zero-order chi connectivity index (χ0) is 21.4. The van der Waals surface area contributed by atoms with Crippen LogP contribution in [0.15, 0.2) is 41.2 Å². The highest BCUT2D eigenvalue weighted by atomic mass is 16.5. The second-order valence-electron chi connectivity index (χ2n) is 7.53. The molecule has 1 amide bonds. The fraction of sp³-hybridized carbons (Fsp3) is 0.364. The van der Waals surface area contributed by atoms with Gasteiger partial charge in [-0.2, -0.15) is 5.10 Å². The van der Waals surface area contributed by atoms with Crippen molar-refractivity contribution < 1.29 is 13.9 Å². The lowest BCUT2D eigenvalue weighted by Crippen LogP contribution is -2.49. The van der Waals surface area contributed by atoms with E-state index < -0.39 is 0 Å². The molecule has 1 fully saturated rings. The summed E-state index contributed by atoms with van der Waals surface area (Å²) in [7, 11) is 1.86. The minimum Gasteiger partial charge on any atom is -0.451 e. The predicted octanol–water partition coefficient (Wildman–Crippen LogP) is 2.61. The Bertz CT molecular complexity index is 1240. The molecule has 9 heteroatoms. The summed E-state index contributed by atoms with van der Waals surface area (Å²) in [6.45, 7) is 5.38. The number of piperazine rings is 1. The molecular weight excluding hydrogens is 396 g/mol. The molecule has 0 atom stereocenters. The van der Waals surface area contributed by atoms with Crippen LogP contribution in [0.2, 0.25) is 0 Å². The highest BCUT2D eigenvalue weighted by Crippen LogP contribution is 2.29. The Morgan fingerprint density at radius 3 is 2.74 bits per heavy atom. The van der Waals surface area contributed by atoms with Gasteiger partial charge in [0.1, 0.15) is 17.7 Å². The Kier molecular flexibility index (Phi) is 5.03. The molecule has 0 spiro atoms. The first-order valence-electron chi connectivity index (χ1n) is 10.4. The summed E-state index contributed by atoms with van der Waals surface area (Å²) < 4.78 is 13.3. The highest BCUT2D eigenvalue weighted by molar-refractivity contribution is 5.99. The van der Waals surface area contributed by atoms with Crippen molar-refractivity contribution in [1.29, 1.82) is 0 Å². The molecule has 160 valence electrons. The summed E-state index contributed by atoms with van der Waals surface area (Å²) in [5.41, 5.74) is 2.32. The number of hydrogen-bond donors (Lipinski definition) is 0. The fourth-order valence-corrected chi connectivity index (χ4v) is 4.09. The Balaban J connectivity index is 1.37. The van der Waals surface area contributed by atoms with Crippen LogP contribution in [0.4, 0.5) is 5.82 Å². The SMILES string of the molecule is CCOCc1c(C(=O)N2CCN(c3ncnc4c3cnn4C)CC2)oc2ccccc12. The van der Waals surface area contributed by atoms with E-state index in [1.54, 1.807) is 17.2 Å². The molecule has 0 radical (unpaired) electrons. The molecule has 1 aliphatic heterocycles. The van der Waals surface area contributed by atoms with Gasteiger partial charge >= 0.3 is 0 Å². The van der Waals surface area contributed by atoms with E-state index in [-0.39, 0.29) is 5.91 Å². The number of carbonyl (C=O) groups is 1. The van der Waals surface area contributed by atoms with Gasteiger partial charge in [-0.25, -0.2) is 9.97 Å². The number of benzene rings is 1. The molecule has 31 heavy (non-hydrogen) atoms. The van der Waals surface area contributed by atoms with Gasteiger partial charge in [0.05, 0.1) is 18.2 Å². The Labute approximate surface area is 179 Å². The first-order chi connectivity index (χ1) is 15.2. The van der Waals surface area contributed by atoms with Crippen molar-refractivity contribution in [3.05, 3.63) is 48.1 Å². The molecule has 1 aromatic carbocycles. The molecule has 1 aliphatic rings. The summed E-state index contributed by atoms with van der Waals surface area (Å²) in [4.78, 5) is 26.1. The van der Waals surface area contributed by atoms with Gasteiger partial charge in [-0.3, -0.25) is 9.48 Å². The van der Waals surface area contributed by atoms with Crippen molar-refractivity contribution in [2.24, 2.45) is 7.05 Å². The number of para-hydroxylation sites is 1. The van der Waals surface area contributed by atoms with Crippen LogP contribution >= 0.6 is 0 Å². The smallest absolute Gasteiger partial charge is 0.290 e. The van der Waals surface area contributed by atoms with Gasteiger partial charge in [0, 0.05) is 50.8 Å². The molecule has 5 rings (SSSR count). The van der Waals surface area contributed by atoms with Crippen LogP contribution in [0.25, 0.3) is 22.0 Å². The lowest BCUT2D eigenvalue weighted by molar-refractivity contribution is 0.0706. The monoisotopic (exact) mass is 420 g/mol. The van der Waals surface area contributed by atoms with E-state index in [0.29, 0.717) is 50.7 Å². The number of fused-ring (bicyclic) bond motifs is 2. The molecule has 0 aliphatic carbocycles. The molecule has 4 aromatic rings. The molecule has 0 unspecified atom stereocenters. The van der Waals surface area contributed by atoms with Gasteiger partial charge in [0.25, 0.3) is 5.91 Å². The lowest BCUT2D eigenvalue weighted by atomic mass is 10.1. The first kappa shape index (κ1) is 19.5. The number of anilines is 1. The van der Waals surface area contributed by atoms with E-state index >= 15 is 0 Å². The van der Waals surface area contributed by atoms with Crippen molar-refractivity contribution in [2.45, 2.75) is 13.5 Å². The Morgan fingerprint density at radius 1 is 1.13 bits per heavy atom. The molecule has 9 nitrogen and oxygen atoms in total. The van der Waals surface area contributed by atoms with Crippen molar-refractivity contribution in [3.63, 3.8) is 0 Å². The number of furan rings is 1. The van der Waals surface area contributed by atoms with Crippen LogP contribution in [0.3, 0.4) is 0 Å². The number of hydrogen-bond acceptors (Lipinski definition) is 7. The van der Waals surface area contributed by atoms with Crippen LogP contribution in [0.1, 0.15) is 23.0 Å². The standard InChI is InChI=1S/C22H24N6O3/c1-3-30-13-17-15-6-4-5-7-18(15)31-19(17)22(29)28-10-8-27(9-11-28)21-16-12-25-26(2)20(16)23-14-24-21/h4-7,12,14H,3,8-11,13H2,1-2H3. The average Bonchev–Trinajstić information content (AvgIpc) is 3.38. The molecule has 3 aromatic heterocycles. The maximum atomic E-state index is 13.3. The predicted molar refractivity (Wildman–Crippen MR) is 116 cm³/mol. The molecular formula is C22H24N6O3. The minimum atomic E-state index is -0.0974. The first-order valence-corrected chi connectivity index (χ1v) is 10.4. The fourth-order valence-electron chi connectivity index (χ4n) is 4.09. The van der Waals surface area contributed by atoms with Crippen molar-refractivity contribution in [2.75, 3.05) is 37.7 Å². The molecule has 0 bridgehead atoms. The number of aromatic nitrogens is 4. The number of nitrogens with zero attached hydrogens (tertiary/aromatic N) is 6. The van der Waals surface area contributed by atoms with Gasteiger partial charge in [-0.05, 0) is 13.0 Å². The second kappa shape index (κ2) is 7.99. The Hall–Kier alpha value is -3.46. The maximum absolute atomic E-state index is 13.3. The maximum Gasteiger partial charge on any atom is 0.290 e. The topological polar surface area (TPSA) is 89.5 Å². The number of aryl methyl sites for hydroxylation is 1. The van der Waals surface area contributed by atoms with E-state index in [0.717, 1.165) is 27.8 Å². The van der Waals surface area contributed by atoms with Crippen LogP contribution in [0, 0.1) is 0 Å². The normalized spacial score (nSPS) is 14.6. The zero-order valence-electron chi connectivity index (χ0n) is 17.6. The lowest BCUT2D eigenvalue weighted by Gasteiger charge is -2.35. The third kappa shape index (κ3) is 3.40. The molecule has 0 N–H and O–H groups in total. The highest BCUT2D eigenvalue weighted by Gasteiger charge is 2.29. The van der Waals surface area contributed by atoms with Crippen LogP contribution in [-0.2, 0) is 18.4 Å². The number of ether oxygens (including phenoxy) is 1. The van der Waals surface area contributed by atoms with Gasteiger partial charge < -0.3 is 19.0 Å². The van der Waals surface area contributed by atoms with E-state index in [1.807, 2.05) is 43.1 Å². The van der Waals surface area contributed by atoms with Gasteiger partial charge in [-0.15, -0.1) is 0 Å². The summed E-state index contributed by atoms with van der Waals surface area (Å²) in [6, 6.07) is 7.70. The van der Waals surface area contributed by atoms with Crippen molar-refractivity contribution in [3.8, 4) is 0 Å². The third-order valence-electron chi connectivity index (χ3n) is 5.72. The van der Waals surface area contributed by atoms with Gasteiger partial charge in [0.2, 0.25) is 0 Å². The molecule has 1 saturated heterocycles. The number of carbonyl (C=O) groups excluding carboxylic acids is 1. The number of rotatable bonds is 5. The van der Waals surface area contributed by atoms with Crippen molar-refractivity contribution in [1.82, 2.24) is 24.6 Å². The molecule has 0 saturated carbocycles. The third-order valence-corrected chi connectivity index (χ3v) is 5.72. The van der Waals surface area contributed by atoms with Crippen LogP contribution in [-0.4, -0.2) is 63.3 Å². The van der Waals surface area contributed by atoms with E-state index in [2.05, 4.69) is 20.0 Å². The van der Waals surface area contributed by atoms with Crippen LogP contribution in [0.5, 0.6) is 0 Å². The van der Waals surface area contributed by atoms with Gasteiger partial charge in [-0.1, -0.05) is 18.2 Å². The summed E-state index contributed by atoms with van der Waals surface area (Å²) >= 11 is 0. The Morgan fingerprint density at radius 2 is 1.94 bits per heavy atom. The minimum absolute atomic E-state index is 0.0974. The summed E-state index contributed by atoms with van der Waals surface area (Å²) in [5, 5.41) is 6.13. The van der Waals surface area contributed by atoms with Crippen LogP contribution < -0.4 is 4.90 Å². The van der Waals surface area contributed by atoms with E-state index in [4.69, 9.17) is 9.15 Å². The number of amides is 1. The van der Waals surface area contributed by atoms with E-state index in [1.165, 1.54) is 0 Å². The average molecular weight is 420 g/mol.